The minimum absolute atomic E-state index is 0.219. The minimum atomic E-state index is -0.510. The lowest BCUT2D eigenvalue weighted by Gasteiger charge is -2.08. The lowest BCUT2D eigenvalue weighted by molar-refractivity contribution is 0.102. The number of carbonyl (C=O) groups is 2. The molecule has 0 aliphatic rings. The summed E-state index contributed by atoms with van der Waals surface area (Å²) in [5, 5.41) is 5.40. The van der Waals surface area contributed by atoms with Crippen molar-refractivity contribution in [3.05, 3.63) is 46.9 Å². The largest absolute Gasteiger partial charge is 0.466 e. The van der Waals surface area contributed by atoms with Crippen LogP contribution in [0.15, 0.2) is 28.7 Å². The van der Waals surface area contributed by atoms with E-state index in [0.29, 0.717) is 29.3 Å². The molecule has 2 aromatic rings. The molecule has 0 spiro atoms. The smallest absolute Gasteiger partial charge is 0.411 e. The quantitative estimate of drug-likeness (QED) is 0.892. The first kappa shape index (κ1) is 16.6. The third kappa shape index (κ3) is 3.91. The van der Waals surface area contributed by atoms with Gasteiger partial charge in [0.05, 0.1) is 12.2 Å². The summed E-state index contributed by atoms with van der Waals surface area (Å²) in [7, 11) is 0. The zero-order valence-corrected chi connectivity index (χ0v) is 13.6. The highest BCUT2D eigenvalue weighted by Gasteiger charge is 2.18. The fraction of sp³-hybridized carbons (Fsp3) is 0.294. The number of nitrogens with one attached hydrogen (secondary N) is 2. The number of furan rings is 1. The van der Waals surface area contributed by atoms with E-state index in [1.807, 2.05) is 13.8 Å². The topological polar surface area (TPSA) is 80.6 Å². The van der Waals surface area contributed by atoms with Crippen LogP contribution in [0.4, 0.5) is 16.2 Å². The highest BCUT2D eigenvalue weighted by molar-refractivity contribution is 6.06. The first-order valence-corrected chi connectivity index (χ1v) is 7.34. The van der Waals surface area contributed by atoms with Gasteiger partial charge in [0.1, 0.15) is 11.5 Å². The SMILES string of the molecule is CCOC(=O)Nc1ccc(NC(=O)c2c(C)oc(C)c2C)cc1. The van der Waals surface area contributed by atoms with Crippen LogP contribution >= 0.6 is 0 Å². The summed E-state index contributed by atoms with van der Waals surface area (Å²) < 4.78 is 10.3. The molecule has 2 amide bonds. The number of carbonyl (C=O) groups excluding carboxylic acids is 2. The van der Waals surface area contributed by atoms with Gasteiger partial charge in [-0.2, -0.15) is 0 Å². The summed E-state index contributed by atoms with van der Waals surface area (Å²) in [5.74, 6) is 1.11. The second-order valence-electron chi connectivity index (χ2n) is 5.09. The Hall–Kier alpha value is -2.76. The average Bonchev–Trinajstić information content (AvgIpc) is 2.74. The van der Waals surface area contributed by atoms with Gasteiger partial charge in [0.2, 0.25) is 0 Å². The van der Waals surface area contributed by atoms with Gasteiger partial charge in [-0.15, -0.1) is 0 Å². The Balaban J connectivity index is 2.06. The molecule has 1 heterocycles. The Labute approximate surface area is 134 Å². The number of rotatable bonds is 4. The van der Waals surface area contributed by atoms with E-state index in [-0.39, 0.29) is 5.91 Å². The van der Waals surface area contributed by atoms with E-state index in [1.165, 1.54) is 0 Å². The van der Waals surface area contributed by atoms with Gasteiger partial charge in [-0.1, -0.05) is 0 Å². The standard InChI is InChI=1S/C17H20N2O4/c1-5-22-17(21)19-14-8-6-13(7-9-14)18-16(20)15-10(2)11(3)23-12(15)4/h6-9H,5H2,1-4H3,(H,18,20)(H,19,21). The molecular formula is C17H20N2O4. The van der Waals surface area contributed by atoms with Crippen molar-refractivity contribution >= 4 is 23.4 Å². The van der Waals surface area contributed by atoms with Crippen LogP contribution in [0.25, 0.3) is 0 Å². The number of aryl methyl sites for hydroxylation is 2. The number of benzene rings is 1. The number of anilines is 2. The Kier molecular flexibility index (Phi) is 5.05. The lowest BCUT2D eigenvalue weighted by atomic mass is 10.1. The first-order chi connectivity index (χ1) is 10.9. The zero-order valence-electron chi connectivity index (χ0n) is 13.6. The molecule has 6 nitrogen and oxygen atoms in total. The first-order valence-electron chi connectivity index (χ1n) is 7.34. The molecule has 1 aromatic carbocycles. The molecule has 122 valence electrons. The van der Waals surface area contributed by atoms with E-state index in [2.05, 4.69) is 10.6 Å². The normalized spacial score (nSPS) is 10.3. The predicted octanol–water partition coefficient (Wildman–Crippen LogP) is 4.03. The fourth-order valence-corrected chi connectivity index (χ4v) is 2.24. The second kappa shape index (κ2) is 7.00. The molecule has 6 heteroatoms. The Morgan fingerprint density at radius 1 is 1.00 bits per heavy atom. The highest BCUT2D eigenvalue weighted by atomic mass is 16.5. The molecule has 0 saturated heterocycles. The summed E-state index contributed by atoms with van der Waals surface area (Å²) >= 11 is 0. The molecule has 0 aliphatic heterocycles. The summed E-state index contributed by atoms with van der Waals surface area (Å²) in [4.78, 5) is 23.7. The van der Waals surface area contributed by atoms with Crippen LogP contribution in [-0.4, -0.2) is 18.6 Å². The van der Waals surface area contributed by atoms with E-state index < -0.39 is 6.09 Å². The third-order valence-corrected chi connectivity index (χ3v) is 3.45. The number of hydrogen-bond acceptors (Lipinski definition) is 4. The number of hydrogen-bond donors (Lipinski definition) is 2. The summed E-state index contributed by atoms with van der Waals surface area (Å²) in [6.45, 7) is 7.49. The Morgan fingerprint density at radius 3 is 2.04 bits per heavy atom. The van der Waals surface area contributed by atoms with E-state index in [9.17, 15) is 9.59 Å². The van der Waals surface area contributed by atoms with Crippen LogP contribution in [0.3, 0.4) is 0 Å². The molecule has 0 radical (unpaired) electrons. The molecule has 0 aliphatic carbocycles. The van der Waals surface area contributed by atoms with E-state index in [4.69, 9.17) is 9.15 Å². The fourth-order valence-electron chi connectivity index (χ4n) is 2.24. The van der Waals surface area contributed by atoms with Gasteiger partial charge < -0.3 is 14.5 Å². The van der Waals surface area contributed by atoms with Crippen LogP contribution < -0.4 is 10.6 Å². The van der Waals surface area contributed by atoms with Gasteiger partial charge in [0.25, 0.3) is 5.91 Å². The molecule has 2 rings (SSSR count). The van der Waals surface area contributed by atoms with Crippen LogP contribution in [-0.2, 0) is 4.74 Å². The minimum Gasteiger partial charge on any atom is -0.466 e. The Morgan fingerprint density at radius 2 is 1.57 bits per heavy atom. The van der Waals surface area contributed by atoms with Crippen LogP contribution in [0.1, 0.15) is 34.4 Å². The zero-order chi connectivity index (χ0) is 17.0. The predicted molar refractivity (Wildman–Crippen MR) is 88.0 cm³/mol. The van der Waals surface area contributed by atoms with Gasteiger partial charge >= 0.3 is 6.09 Å². The van der Waals surface area contributed by atoms with Crippen molar-refractivity contribution < 1.29 is 18.7 Å². The van der Waals surface area contributed by atoms with Gasteiger partial charge in [-0.05, 0) is 52.0 Å². The maximum Gasteiger partial charge on any atom is 0.411 e. The molecule has 0 fully saturated rings. The van der Waals surface area contributed by atoms with E-state index in [0.717, 1.165) is 11.3 Å². The van der Waals surface area contributed by atoms with Gasteiger partial charge in [-0.25, -0.2) is 4.79 Å². The van der Waals surface area contributed by atoms with Crippen molar-refractivity contribution in [2.45, 2.75) is 27.7 Å². The lowest BCUT2D eigenvalue weighted by Crippen LogP contribution is -2.14. The second-order valence-corrected chi connectivity index (χ2v) is 5.09. The van der Waals surface area contributed by atoms with Gasteiger partial charge in [0, 0.05) is 16.9 Å². The summed E-state index contributed by atoms with van der Waals surface area (Å²) in [6, 6.07) is 6.79. The van der Waals surface area contributed by atoms with Crippen molar-refractivity contribution in [1.82, 2.24) is 0 Å². The summed E-state index contributed by atoms with van der Waals surface area (Å²) in [5.41, 5.74) is 2.60. The van der Waals surface area contributed by atoms with Crippen LogP contribution in [0.5, 0.6) is 0 Å². The van der Waals surface area contributed by atoms with Crippen molar-refractivity contribution in [2.75, 3.05) is 17.2 Å². The Bertz CT molecular complexity index is 717. The van der Waals surface area contributed by atoms with Gasteiger partial charge in [-0.3, -0.25) is 10.1 Å². The highest BCUT2D eigenvalue weighted by Crippen LogP contribution is 2.22. The van der Waals surface area contributed by atoms with Crippen molar-refractivity contribution in [3.63, 3.8) is 0 Å². The van der Waals surface area contributed by atoms with Crippen molar-refractivity contribution in [3.8, 4) is 0 Å². The monoisotopic (exact) mass is 316 g/mol. The average molecular weight is 316 g/mol. The molecule has 0 unspecified atom stereocenters. The summed E-state index contributed by atoms with van der Waals surface area (Å²) in [6.07, 6.45) is -0.510. The molecular weight excluding hydrogens is 296 g/mol. The van der Waals surface area contributed by atoms with Crippen molar-refractivity contribution in [2.24, 2.45) is 0 Å². The van der Waals surface area contributed by atoms with Crippen molar-refractivity contribution in [1.29, 1.82) is 0 Å². The molecule has 23 heavy (non-hydrogen) atoms. The molecule has 0 bridgehead atoms. The van der Waals surface area contributed by atoms with Crippen LogP contribution in [0, 0.1) is 20.8 Å². The van der Waals surface area contributed by atoms with E-state index in [1.54, 1.807) is 38.1 Å². The number of amides is 2. The molecule has 1 aromatic heterocycles. The molecule has 0 atom stereocenters. The maximum absolute atomic E-state index is 12.4. The van der Waals surface area contributed by atoms with Gasteiger partial charge in [0.15, 0.2) is 0 Å². The van der Waals surface area contributed by atoms with E-state index >= 15 is 0 Å². The third-order valence-electron chi connectivity index (χ3n) is 3.45. The number of ether oxygens (including phenoxy) is 1. The maximum atomic E-state index is 12.4. The molecule has 2 N–H and O–H groups in total. The molecule has 0 saturated carbocycles. The van der Waals surface area contributed by atoms with Crippen LogP contribution in [0.2, 0.25) is 0 Å².